The number of aromatic nitrogens is 4. The number of carbonyl (C=O) groups is 1. The lowest BCUT2D eigenvalue weighted by Gasteiger charge is -2.30. The molecule has 0 N–H and O–H groups in total. The van der Waals surface area contributed by atoms with Crippen LogP contribution in [0.15, 0.2) is 29.7 Å². The Morgan fingerprint density at radius 3 is 2.92 bits per heavy atom. The Kier molecular flexibility index (Phi) is 4.74. The number of rotatable bonds is 5. The first-order valence-corrected chi connectivity index (χ1v) is 9.97. The molecular weight excluding hydrogens is 334 g/mol. The molecule has 1 saturated heterocycles. The molecule has 132 valence electrons. The zero-order chi connectivity index (χ0) is 17.2. The van der Waals surface area contributed by atoms with Gasteiger partial charge in [-0.3, -0.25) is 14.3 Å². The maximum atomic E-state index is 12.5. The molecule has 6 nitrogen and oxygen atoms in total. The Balaban J connectivity index is 1.48. The summed E-state index contributed by atoms with van der Waals surface area (Å²) >= 11 is 1.51. The van der Waals surface area contributed by atoms with Crippen molar-refractivity contribution in [1.82, 2.24) is 24.6 Å². The molecule has 1 aliphatic heterocycles. The average molecular weight is 357 g/mol. The van der Waals surface area contributed by atoms with Crippen molar-refractivity contribution in [2.24, 2.45) is 5.92 Å². The highest BCUT2D eigenvalue weighted by Gasteiger charge is 2.31. The second-order valence-electron chi connectivity index (χ2n) is 7.02. The van der Waals surface area contributed by atoms with Crippen molar-refractivity contribution in [3.8, 4) is 11.4 Å². The van der Waals surface area contributed by atoms with Crippen molar-refractivity contribution in [3.63, 3.8) is 0 Å². The Morgan fingerprint density at radius 1 is 1.32 bits per heavy atom. The van der Waals surface area contributed by atoms with Crippen molar-refractivity contribution in [2.45, 2.75) is 43.8 Å². The van der Waals surface area contributed by atoms with Crippen LogP contribution in [0, 0.1) is 5.92 Å². The summed E-state index contributed by atoms with van der Waals surface area (Å²) in [7, 11) is 0. The van der Waals surface area contributed by atoms with Crippen LogP contribution in [0.4, 0.5) is 0 Å². The largest absolute Gasteiger partial charge is 0.342 e. The number of amides is 1. The molecule has 0 radical (unpaired) electrons. The van der Waals surface area contributed by atoms with E-state index in [2.05, 4.69) is 26.7 Å². The monoisotopic (exact) mass is 357 g/mol. The molecule has 1 amide bonds. The minimum atomic E-state index is 0.213. The number of hydrogen-bond acceptors (Lipinski definition) is 5. The van der Waals surface area contributed by atoms with Crippen LogP contribution in [0.3, 0.4) is 0 Å². The maximum absolute atomic E-state index is 12.5. The molecule has 1 atom stereocenters. The molecule has 25 heavy (non-hydrogen) atoms. The number of carbonyl (C=O) groups excluding carboxylic acids is 1. The number of pyridine rings is 1. The number of nitrogens with zero attached hydrogens (tertiary/aromatic N) is 5. The SMILES string of the molecule is C[C@H]1CCCN(C(=O)CSc2nnc(-c3cccnc3)n2C2CC2)C1. The number of likely N-dealkylation sites (tertiary alicyclic amines) is 1. The van der Waals surface area contributed by atoms with Gasteiger partial charge in [0.25, 0.3) is 0 Å². The van der Waals surface area contributed by atoms with Gasteiger partial charge in [-0.25, -0.2) is 0 Å². The molecule has 0 aromatic carbocycles. The fourth-order valence-electron chi connectivity index (χ4n) is 3.36. The van der Waals surface area contributed by atoms with Crippen molar-refractivity contribution < 1.29 is 4.79 Å². The van der Waals surface area contributed by atoms with Gasteiger partial charge in [0.1, 0.15) is 0 Å². The second-order valence-corrected chi connectivity index (χ2v) is 7.97. The third-order valence-corrected chi connectivity index (χ3v) is 5.76. The smallest absolute Gasteiger partial charge is 0.233 e. The minimum Gasteiger partial charge on any atom is -0.342 e. The predicted octanol–water partition coefficient (Wildman–Crippen LogP) is 3.03. The van der Waals surface area contributed by atoms with Crippen LogP contribution >= 0.6 is 11.8 Å². The van der Waals surface area contributed by atoms with E-state index in [9.17, 15) is 4.79 Å². The van der Waals surface area contributed by atoms with E-state index in [0.717, 1.165) is 48.9 Å². The van der Waals surface area contributed by atoms with Gasteiger partial charge in [0.2, 0.25) is 5.91 Å². The molecule has 2 fully saturated rings. The van der Waals surface area contributed by atoms with Gasteiger partial charge in [-0.15, -0.1) is 10.2 Å². The quantitative estimate of drug-likeness (QED) is 0.770. The first-order chi connectivity index (χ1) is 12.2. The summed E-state index contributed by atoms with van der Waals surface area (Å²) in [6.07, 6.45) is 8.21. The highest BCUT2D eigenvalue weighted by atomic mass is 32.2. The Hall–Kier alpha value is -1.89. The van der Waals surface area contributed by atoms with Crippen LogP contribution in [-0.4, -0.2) is 49.4 Å². The summed E-state index contributed by atoms with van der Waals surface area (Å²) in [6, 6.07) is 4.37. The standard InChI is InChI=1S/C18H23N5OS/c1-13-4-3-9-22(11-13)16(24)12-25-18-21-20-17(23(18)15-6-7-15)14-5-2-8-19-10-14/h2,5,8,10,13,15H,3-4,6-7,9,11-12H2,1H3/t13-/m0/s1. The van der Waals surface area contributed by atoms with Crippen molar-refractivity contribution in [1.29, 1.82) is 0 Å². The van der Waals surface area contributed by atoms with E-state index in [4.69, 9.17) is 0 Å². The van der Waals surface area contributed by atoms with Crippen LogP contribution in [0.5, 0.6) is 0 Å². The van der Waals surface area contributed by atoms with Gasteiger partial charge < -0.3 is 4.90 Å². The summed E-state index contributed by atoms with van der Waals surface area (Å²) in [5.41, 5.74) is 0.977. The Morgan fingerprint density at radius 2 is 2.20 bits per heavy atom. The lowest BCUT2D eigenvalue weighted by atomic mass is 10.0. The van der Waals surface area contributed by atoms with E-state index in [1.54, 1.807) is 6.20 Å². The molecule has 3 heterocycles. The summed E-state index contributed by atoms with van der Waals surface area (Å²) in [5.74, 6) is 2.11. The van der Waals surface area contributed by atoms with Gasteiger partial charge in [0.05, 0.1) is 5.75 Å². The predicted molar refractivity (Wildman–Crippen MR) is 97.2 cm³/mol. The summed E-state index contributed by atoms with van der Waals surface area (Å²) in [4.78, 5) is 18.7. The van der Waals surface area contributed by atoms with E-state index in [-0.39, 0.29) is 5.91 Å². The van der Waals surface area contributed by atoms with E-state index in [0.29, 0.717) is 17.7 Å². The Labute approximate surface area is 152 Å². The zero-order valence-electron chi connectivity index (χ0n) is 14.5. The first-order valence-electron chi connectivity index (χ1n) is 8.98. The van der Waals surface area contributed by atoms with Gasteiger partial charge in [-0.05, 0) is 43.7 Å². The highest BCUT2D eigenvalue weighted by molar-refractivity contribution is 7.99. The minimum absolute atomic E-state index is 0.213. The topological polar surface area (TPSA) is 63.9 Å². The summed E-state index contributed by atoms with van der Waals surface area (Å²) in [6.45, 7) is 3.99. The molecule has 4 rings (SSSR count). The number of thioether (sulfide) groups is 1. The van der Waals surface area contributed by atoms with Gasteiger partial charge in [-0.1, -0.05) is 18.7 Å². The van der Waals surface area contributed by atoms with E-state index >= 15 is 0 Å². The van der Waals surface area contributed by atoms with Crippen LogP contribution < -0.4 is 0 Å². The number of hydrogen-bond donors (Lipinski definition) is 0. The molecule has 2 aromatic heterocycles. The molecule has 2 aliphatic rings. The van der Waals surface area contributed by atoms with Crippen molar-refractivity contribution >= 4 is 17.7 Å². The van der Waals surface area contributed by atoms with Gasteiger partial charge in [0, 0.05) is 37.1 Å². The van der Waals surface area contributed by atoms with E-state index < -0.39 is 0 Å². The Bertz CT molecular complexity index is 743. The molecule has 1 aliphatic carbocycles. The molecule has 0 unspecified atom stereocenters. The fraction of sp³-hybridized carbons (Fsp3) is 0.556. The lowest BCUT2D eigenvalue weighted by Crippen LogP contribution is -2.40. The molecular formula is C18H23N5OS. The van der Waals surface area contributed by atoms with Crippen LogP contribution in [0.1, 0.15) is 38.6 Å². The van der Waals surface area contributed by atoms with Gasteiger partial charge >= 0.3 is 0 Å². The third kappa shape index (κ3) is 3.71. The lowest BCUT2D eigenvalue weighted by molar-refractivity contribution is -0.130. The van der Waals surface area contributed by atoms with E-state index in [1.165, 1.54) is 18.2 Å². The molecule has 2 aromatic rings. The first kappa shape index (κ1) is 16.6. The van der Waals surface area contributed by atoms with E-state index in [1.807, 2.05) is 23.2 Å². The third-order valence-electron chi connectivity index (χ3n) is 4.83. The molecule has 7 heteroatoms. The van der Waals surface area contributed by atoms with Gasteiger partial charge in [-0.2, -0.15) is 0 Å². The molecule has 0 bridgehead atoms. The van der Waals surface area contributed by atoms with Crippen LogP contribution in [0.2, 0.25) is 0 Å². The van der Waals surface area contributed by atoms with Gasteiger partial charge in [0.15, 0.2) is 11.0 Å². The molecule has 0 spiro atoms. The second kappa shape index (κ2) is 7.15. The highest BCUT2D eigenvalue weighted by Crippen LogP contribution is 2.41. The van der Waals surface area contributed by atoms with Crippen LogP contribution in [-0.2, 0) is 4.79 Å². The summed E-state index contributed by atoms with van der Waals surface area (Å²) in [5, 5.41) is 9.59. The van der Waals surface area contributed by atoms with Crippen molar-refractivity contribution in [3.05, 3.63) is 24.5 Å². The van der Waals surface area contributed by atoms with Crippen molar-refractivity contribution in [2.75, 3.05) is 18.8 Å². The molecule has 1 saturated carbocycles. The maximum Gasteiger partial charge on any atom is 0.233 e. The zero-order valence-corrected chi connectivity index (χ0v) is 15.3. The van der Waals surface area contributed by atoms with Crippen LogP contribution in [0.25, 0.3) is 11.4 Å². The number of piperidine rings is 1. The normalized spacial score (nSPS) is 20.7. The summed E-state index contributed by atoms with van der Waals surface area (Å²) < 4.78 is 2.19. The fourth-order valence-corrected chi connectivity index (χ4v) is 4.27. The average Bonchev–Trinajstić information content (AvgIpc) is 3.39.